The lowest BCUT2D eigenvalue weighted by Crippen LogP contribution is -2.31. The van der Waals surface area contributed by atoms with Crippen LogP contribution < -0.4 is 10.1 Å². The lowest BCUT2D eigenvalue weighted by atomic mass is 9.90. The fraction of sp³-hybridized carbons (Fsp3) is 0.242. The minimum absolute atomic E-state index is 0.00257. The van der Waals surface area contributed by atoms with Gasteiger partial charge >= 0.3 is 6.18 Å². The molecule has 0 unspecified atom stereocenters. The first-order valence-corrected chi connectivity index (χ1v) is 13.8. The van der Waals surface area contributed by atoms with Crippen LogP contribution in [0.15, 0.2) is 103 Å². The summed E-state index contributed by atoms with van der Waals surface area (Å²) in [5, 5.41) is 2.46. The van der Waals surface area contributed by atoms with Gasteiger partial charge < -0.3 is 10.1 Å². The molecule has 0 radical (unpaired) electrons. The molecule has 8 heteroatoms. The van der Waals surface area contributed by atoms with Crippen LogP contribution in [0, 0.1) is 0 Å². The Balaban J connectivity index is 1.54. The summed E-state index contributed by atoms with van der Waals surface area (Å²) in [6.07, 6.45) is -3.91. The van der Waals surface area contributed by atoms with Gasteiger partial charge in [-0.25, -0.2) is 0 Å². The maximum absolute atomic E-state index is 13.6. The second kappa shape index (κ2) is 14.2. The molecule has 4 rings (SSSR count). The summed E-state index contributed by atoms with van der Waals surface area (Å²) in [4.78, 5) is 13.5. The van der Waals surface area contributed by atoms with Crippen LogP contribution in [0.2, 0.25) is 5.02 Å². The topological polar surface area (TPSA) is 41.6 Å². The van der Waals surface area contributed by atoms with Crippen molar-refractivity contribution >= 4 is 23.2 Å². The van der Waals surface area contributed by atoms with Gasteiger partial charge in [-0.3, -0.25) is 9.69 Å². The average molecular weight is 581 g/mol. The lowest BCUT2D eigenvalue weighted by molar-refractivity contribution is -0.137. The molecule has 0 heterocycles. The largest absolute Gasteiger partial charge is 0.493 e. The van der Waals surface area contributed by atoms with Crippen LogP contribution in [0.3, 0.4) is 0 Å². The van der Waals surface area contributed by atoms with Crippen molar-refractivity contribution in [3.8, 4) is 5.75 Å². The smallest absolute Gasteiger partial charge is 0.417 e. The molecule has 0 saturated heterocycles. The number of hydrogen-bond acceptors (Lipinski definition) is 3. The number of hydrogen-bond donors (Lipinski definition) is 1. The number of carbonyl (C=O) groups is 1. The quantitative estimate of drug-likeness (QED) is 0.171. The molecule has 214 valence electrons. The second-order valence-corrected chi connectivity index (χ2v) is 10.2. The molecular weight excluding hydrogens is 549 g/mol. The van der Waals surface area contributed by atoms with Gasteiger partial charge in [-0.05, 0) is 41.3 Å². The summed E-state index contributed by atoms with van der Waals surface area (Å²) in [5.74, 6) is 0.449. The molecule has 1 N–H and O–H groups in total. The standard InChI is InChI=1S/C33H32ClF3N2O2/c1-24(40)38-28-16-9-17-29(21-28)41-20-10-19-39(22-27-15-8-18-31(32(27)34)33(35,36)37)23-30(25-11-4-2-5-12-25)26-13-6-3-7-14-26/h2-9,11-18,21,30H,10,19-20,22-23H2,1H3,(H,38,40). The van der Waals surface area contributed by atoms with Gasteiger partial charge in [-0.2, -0.15) is 13.2 Å². The summed E-state index contributed by atoms with van der Waals surface area (Å²) in [5.41, 5.74) is 2.46. The van der Waals surface area contributed by atoms with E-state index in [0.717, 1.165) is 17.2 Å². The van der Waals surface area contributed by atoms with Crippen LogP contribution >= 0.6 is 11.6 Å². The first-order valence-electron chi connectivity index (χ1n) is 13.4. The molecule has 41 heavy (non-hydrogen) atoms. The van der Waals surface area contributed by atoms with Crippen LogP contribution in [0.5, 0.6) is 5.75 Å². The Bertz CT molecular complexity index is 1380. The number of rotatable bonds is 12. The van der Waals surface area contributed by atoms with Gasteiger partial charge in [0, 0.05) is 44.2 Å². The number of nitrogens with zero attached hydrogens (tertiary/aromatic N) is 1. The number of anilines is 1. The summed E-state index contributed by atoms with van der Waals surface area (Å²) in [7, 11) is 0. The van der Waals surface area contributed by atoms with Crippen LogP contribution in [-0.2, 0) is 17.5 Å². The Hall–Kier alpha value is -3.81. The van der Waals surface area contributed by atoms with Crippen molar-refractivity contribution in [2.45, 2.75) is 32.0 Å². The van der Waals surface area contributed by atoms with Crippen molar-refractivity contribution in [1.82, 2.24) is 4.90 Å². The maximum Gasteiger partial charge on any atom is 0.417 e. The second-order valence-electron chi connectivity index (χ2n) is 9.80. The van der Waals surface area contributed by atoms with Crippen LogP contribution in [-0.4, -0.2) is 30.5 Å². The Morgan fingerprint density at radius 3 is 2.15 bits per heavy atom. The van der Waals surface area contributed by atoms with Crippen molar-refractivity contribution in [2.24, 2.45) is 0 Å². The molecule has 0 bridgehead atoms. The Morgan fingerprint density at radius 2 is 1.54 bits per heavy atom. The van der Waals surface area contributed by atoms with E-state index in [-0.39, 0.29) is 23.4 Å². The zero-order valence-corrected chi connectivity index (χ0v) is 23.5. The Kier molecular flexibility index (Phi) is 10.4. The molecule has 4 aromatic carbocycles. The molecule has 0 atom stereocenters. The van der Waals surface area contributed by atoms with Crippen molar-refractivity contribution < 1.29 is 22.7 Å². The molecule has 0 aliphatic heterocycles. The molecule has 0 aliphatic rings. The highest BCUT2D eigenvalue weighted by atomic mass is 35.5. The normalized spacial score (nSPS) is 11.6. The van der Waals surface area contributed by atoms with Crippen molar-refractivity contribution in [3.63, 3.8) is 0 Å². The van der Waals surface area contributed by atoms with Crippen molar-refractivity contribution in [1.29, 1.82) is 0 Å². The predicted molar refractivity (Wildman–Crippen MR) is 157 cm³/mol. The van der Waals surface area contributed by atoms with E-state index in [4.69, 9.17) is 16.3 Å². The summed E-state index contributed by atoms with van der Waals surface area (Å²) < 4.78 is 46.7. The predicted octanol–water partition coefficient (Wildman–Crippen LogP) is 8.42. The third-order valence-electron chi connectivity index (χ3n) is 6.66. The first kappa shape index (κ1) is 30.2. The van der Waals surface area contributed by atoms with E-state index in [9.17, 15) is 18.0 Å². The van der Waals surface area contributed by atoms with E-state index in [1.807, 2.05) is 42.5 Å². The highest BCUT2D eigenvalue weighted by molar-refractivity contribution is 6.32. The summed E-state index contributed by atoms with van der Waals surface area (Å²) >= 11 is 6.30. The van der Waals surface area contributed by atoms with Gasteiger partial charge in [-0.1, -0.05) is 90.5 Å². The molecule has 0 aromatic heterocycles. The molecule has 0 aliphatic carbocycles. The first-order chi connectivity index (χ1) is 19.7. The molecule has 0 spiro atoms. The van der Waals surface area contributed by atoms with Crippen molar-refractivity contribution in [2.75, 3.05) is 25.0 Å². The Morgan fingerprint density at radius 1 is 0.902 bits per heavy atom. The van der Waals surface area contributed by atoms with Gasteiger partial charge in [0.15, 0.2) is 0 Å². The molecule has 0 saturated carbocycles. The lowest BCUT2D eigenvalue weighted by Gasteiger charge is -2.29. The average Bonchev–Trinajstić information content (AvgIpc) is 2.95. The van der Waals surface area contributed by atoms with Gasteiger partial charge in [0.25, 0.3) is 0 Å². The molecular formula is C33H32ClF3N2O2. The van der Waals surface area contributed by atoms with E-state index in [1.54, 1.807) is 24.3 Å². The fourth-order valence-electron chi connectivity index (χ4n) is 4.77. The van der Waals surface area contributed by atoms with E-state index >= 15 is 0 Å². The fourth-order valence-corrected chi connectivity index (χ4v) is 5.07. The summed E-state index contributed by atoms with van der Waals surface area (Å²) in [6.45, 7) is 3.21. The molecule has 1 amide bonds. The van der Waals surface area contributed by atoms with Gasteiger partial charge in [0.1, 0.15) is 5.75 Å². The SMILES string of the molecule is CC(=O)Nc1cccc(OCCCN(Cc2cccc(C(F)(F)F)c2Cl)CC(c2ccccc2)c2ccccc2)c1. The minimum atomic E-state index is -4.53. The van der Waals surface area contributed by atoms with Crippen molar-refractivity contribution in [3.05, 3.63) is 130 Å². The zero-order chi connectivity index (χ0) is 29.2. The maximum atomic E-state index is 13.6. The van der Waals surface area contributed by atoms with Crippen LogP contribution in [0.25, 0.3) is 0 Å². The van der Waals surface area contributed by atoms with Gasteiger partial charge in [0.05, 0.1) is 17.2 Å². The molecule has 0 fully saturated rings. The Labute approximate surface area is 243 Å². The minimum Gasteiger partial charge on any atom is -0.493 e. The number of nitrogens with one attached hydrogen (secondary N) is 1. The monoisotopic (exact) mass is 580 g/mol. The van der Waals surface area contributed by atoms with E-state index in [2.05, 4.69) is 34.5 Å². The highest BCUT2D eigenvalue weighted by Crippen LogP contribution is 2.37. The number of alkyl halides is 3. The third-order valence-corrected chi connectivity index (χ3v) is 7.11. The van der Waals surface area contributed by atoms with Gasteiger partial charge in [-0.15, -0.1) is 0 Å². The highest BCUT2D eigenvalue weighted by Gasteiger charge is 2.34. The van der Waals surface area contributed by atoms with E-state index < -0.39 is 11.7 Å². The van der Waals surface area contributed by atoms with Crippen LogP contribution in [0.1, 0.15) is 41.5 Å². The van der Waals surface area contributed by atoms with E-state index in [0.29, 0.717) is 43.1 Å². The molecule has 4 nitrogen and oxygen atoms in total. The van der Waals surface area contributed by atoms with Crippen LogP contribution in [0.4, 0.5) is 18.9 Å². The van der Waals surface area contributed by atoms with Gasteiger partial charge in [0.2, 0.25) is 5.91 Å². The number of carbonyl (C=O) groups excluding carboxylic acids is 1. The number of ether oxygens (including phenoxy) is 1. The number of amides is 1. The molecule has 4 aromatic rings. The third kappa shape index (κ3) is 8.84. The van der Waals surface area contributed by atoms with E-state index in [1.165, 1.54) is 13.0 Å². The zero-order valence-electron chi connectivity index (χ0n) is 22.7. The number of benzene rings is 4. The number of halogens is 4. The summed E-state index contributed by atoms with van der Waals surface area (Å²) in [6, 6.07) is 31.4.